The highest BCUT2D eigenvalue weighted by atomic mass is 16.6. The number of benzene rings is 2. The van der Waals surface area contributed by atoms with Gasteiger partial charge in [0.2, 0.25) is 0 Å². The third-order valence-corrected chi connectivity index (χ3v) is 3.72. The van der Waals surface area contributed by atoms with Crippen LogP contribution in [0.1, 0.15) is 20.7 Å². The topological polar surface area (TPSA) is 106 Å². The SMILES string of the molecule is O=C(O)c1c2c(c3ccncc3c1C(=O)O)Oc1ccccc1O2. The molecule has 118 valence electrons. The lowest BCUT2D eigenvalue weighted by molar-refractivity contribution is 0.0650. The van der Waals surface area contributed by atoms with Gasteiger partial charge >= 0.3 is 11.9 Å². The zero-order chi connectivity index (χ0) is 16.8. The summed E-state index contributed by atoms with van der Waals surface area (Å²) in [5.74, 6) is -2.03. The summed E-state index contributed by atoms with van der Waals surface area (Å²) in [4.78, 5) is 27.3. The second-order valence-electron chi connectivity index (χ2n) is 5.09. The molecule has 0 amide bonds. The van der Waals surface area contributed by atoms with Gasteiger partial charge in [-0.25, -0.2) is 9.59 Å². The van der Waals surface area contributed by atoms with E-state index < -0.39 is 17.5 Å². The summed E-state index contributed by atoms with van der Waals surface area (Å²) in [6.07, 6.45) is 2.77. The van der Waals surface area contributed by atoms with Crippen LogP contribution in [0.2, 0.25) is 0 Å². The molecule has 0 bridgehead atoms. The fourth-order valence-electron chi connectivity index (χ4n) is 2.74. The number of carboxylic acid groups (broad SMARTS) is 2. The smallest absolute Gasteiger partial charge is 0.340 e. The van der Waals surface area contributed by atoms with Crippen LogP contribution in [-0.4, -0.2) is 27.1 Å². The molecule has 1 aliphatic heterocycles. The van der Waals surface area contributed by atoms with Crippen molar-refractivity contribution in [1.29, 1.82) is 0 Å². The fourth-order valence-corrected chi connectivity index (χ4v) is 2.74. The van der Waals surface area contributed by atoms with Crippen molar-refractivity contribution < 1.29 is 29.3 Å². The van der Waals surface area contributed by atoms with Gasteiger partial charge in [-0.05, 0) is 18.2 Å². The van der Waals surface area contributed by atoms with E-state index in [1.54, 1.807) is 30.3 Å². The van der Waals surface area contributed by atoms with E-state index in [1.807, 2.05) is 0 Å². The number of hydrogen-bond donors (Lipinski definition) is 2. The van der Waals surface area contributed by atoms with Crippen LogP contribution in [0.3, 0.4) is 0 Å². The fraction of sp³-hybridized carbons (Fsp3) is 0. The number of hydrogen-bond acceptors (Lipinski definition) is 5. The Kier molecular flexibility index (Phi) is 2.89. The lowest BCUT2D eigenvalue weighted by Gasteiger charge is -2.24. The Morgan fingerprint density at radius 1 is 0.833 bits per heavy atom. The van der Waals surface area contributed by atoms with Gasteiger partial charge in [0.1, 0.15) is 5.56 Å². The maximum atomic E-state index is 11.7. The minimum atomic E-state index is -1.42. The number of aromatic carboxylic acids is 2. The highest BCUT2D eigenvalue weighted by molar-refractivity contribution is 6.15. The van der Waals surface area contributed by atoms with Crippen LogP contribution in [0.5, 0.6) is 23.0 Å². The van der Waals surface area contributed by atoms with E-state index in [-0.39, 0.29) is 22.4 Å². The van der Waals surface area contributed by atoms with Gasteiger partial charge in [-0.3, -0.25) is 4.98 Å². The molecule has 2 N–H and O–H groups in total. The highest BCUT2D eigenvalue weighted by Crippen LogP contribution is 2.51. The first-order valence-corrected chi connectivity index (χ1v) is 6.93. The maximum absolute atomic E-state index is 11.7. The zero-order valence-corrected chi connectivity index (χ0v) is 12.0. The molecule has 4 rings (SSSR count). The number of ether oxygens (including phenoxy) is 2. The molecule has 2 heterocycles. The number of carboxylic acids is 2. The van der Waals surface area contributed by atoms with Crippen molar-refractivity contribution in [3.8, 4) is 23.0 Å². The summed E-state index contributed by atoms with van der Waals surface area (Å²) in [5, 5.41) is 19.7. The van der Waals surface area contributed by atoms with E-state index in [1.165, 1.54) is 12.4 Å². The van der Waals surface area contributed by atoms with Crippen LogP contribution in [-0.2, 0) is 0 Å². The second kappa shape index (κ2) is 4.95. The molecule has 0 saturated heterocycles. The average molecular weight is 323 g/mol. The Bertz CT molecular complexity index is 1030. The van der Waals surface area contributed by atoms with Crippen LogP contribution in [0.25, 0.3) is 10.8 Å². The number of pyridine rings is 1. The summed E-state index contributed by atoms with van der Waals surface area (Å²) >= 11 is 0. The molecule has 3 aromatic rings. The molecular weight excluding hydrogens is 314 g/mol. The van der Waals surface area contributed by atoms with Crippen LogP contribution >= 0.6 is 0 Å². The molecule has 0 aliphatic carbocycles. The van der Waals surface area contributed by atoms with Crippen molar-refractivity contribution in [2.45, 2.75) is 0 Å². The lowest BCUT2D eigenvalue weighted by Crippen LogP contribution is -2.13. The van der Waals surface area contributed by atoms with Gasteiger partial charge in [0.15, 0.2) is 23.0 Å². The Hall–Kier alpha value is -3.61. The van der Waals surface area contributed by atoms with Crippen molar-refractivity contribution in [2.24, 2.45) is 0 Å². The molecular formula is C17H9NO6. The van der Waals surface area contributed by atoms with E-state index in [4.69, 9.17) is 9.47 Å². The highest BCUT2D eigenvalue weighted by Gasteiger charge is 2.33. The molecule has 7 heteroatoms. The normalized spacial score (nSPS) is 11.8. The minimum Gasteiger partial charge on any atom is -0.478 e. The van der Waals surface area contributed by atoms with E-state index in [2.05, 4.69) is 4.98 Å². The van der Waals surface area contributed by atoms with Crippen molar-refractivity contribution in [2.75, 3.05) is 0 Å². The maximum Gasteiger partial charge on any atom is 0.340 e. The number of nitrogens with zero attached hydrogens (tertiary/aromatic N) is 1. The monoisotopic (exact) mass is 323 g/mol. The van der Waals surface area contributed by atoms with Gasteiger partial charge in [0, 0.05) is 23.2 Å². The molecule has 0 atom stereocenters. The summed E-state index contributed by atoms with van der Waals surface area (Å²) in [7, 11) is 0. The Morgan fingerprint density at radius 2 is 1.46 bits per heavy atom. The number of carbonyl (C=O) groups is 2. The van der Waals surface area contributed by atoms with Crippen molar-refractivity contribution in [3.05, 3.63) is 53.9 Å². The van der Waals surface area contributed by atoms with Gasteiger partial charge in [-0.2, -0.15) is 0 Å². The first-order valence-electron chi connectivity index (χ1n) is 6.93. The third-order valence-electron chi connectivity index (χ3n) is 3.72. The average Bonchev–Trinajstić information content (AvgIpc) is 2.58. The van der Waals surface area contributed by atoms with Crippen molar-refractivity contribution in [1.82, 2.24) is 4.98 Å². The molecule has 1 aromatic heterocycles. The third kappa shape index (κ3) is 1.88. The number of para-hydroxylation sites is 2. The lowest BCUT2D eigenvalue weighted by atomic mass is 9.97. The molecule has 0 fully saturated rings. The quantitative estimate of drug-likeness (QED) is 0.581. The minimum absolute atomic E-state index is 0.127. The largest absolute Gasteiger partial charge is 0.478 e. The number of rotatable bonds is 2. The van der Waals surface area contributed by atoms with Crippen LogP contribution in [0.4, 0.5) is 0 Å². The van der Waals surface area contributed by atoms with Gasteiger partial charge in [-0.15, -0.1) is 0 Å². The van der Waals surface area contributed by atoms with Gasteiger partial charge in [0.25, 0.3) is 0 Å². The number of aromatic nitrogens is 1. The van der Waals surface area contributed by atoms with Crippen molar-refractivity contribution in [3.63, 3.8) is 0 Å². The summed E-state index contributed by atoms with van der Waals surface area (Å²) < 4.78 is 11.5. The molecule has 0 saturated carbocycles. The second-order valence-corrected chi connectivity index (χ2v) is 5.09. The molecule has 0 radical (unpaired) electrons. The molecule has 24 heavy (non-hydrogen) atoms. The molecule has 0 unspecified atom stereocenters. The van der Waals surface area contributed by atoms with Gasteiger partial charge in [-0.1, -0.05) is 12.1 Å². The molecule has 1 aliphatic rings. The van der Waals surface area contributed by atoms with Crippen LogP contribution in [0.15, 0.2) is 42.7 Å². The summed E-state index contributed by atoms with van der Waals surface area (Å²) in [6.45, 7) is 0. The van der Waals surface area contributed by atoms with Crippen LogP contribution in [0, 0.1) is 0 Å². The van der Waals surface area contributed by atoms with E-state index in [0.29, 0.717) is 16.9 Å². The van der Waals surface area contributed by atoms with Crippen LogP contribution < -0.4 is 9.47 Å². The zero-order valence-electron chi connectivity index (χ0n) is 12.0. The van der Waals surface area contributed by atoms with E-state index >= 15 is 0 Å². The Balaban J connectivity index is 2.14. The molecule has 7 nitrogen and oxygen atoms in total. The molecule has 0 spiro atoms. The Morgan fingerprint density at radius 3 is 2.08 bits per heavy atom. The Labute approximate surface area is 134 Å². The molecule has 2 aromatic carbocycles. The number of fused-ring (bicyclic) bond motifs is 4. The van der Waals surface area contributed by atoms with E-state index in [0.717, 1.165) is 0 Å². The standard InChI is InChI=1S/C17H9NO6/c19-16(20)12-9-7-18-6-5-8(9)14-15(13(12)17(21)22)24-11-4-2-1-3-10(11)23-14/h1-7H,(H,19,20)(H,21,22). The first-order chi connectivity index (χ1) is 11.6. The summed E-state index contributed by atoms with van der Waals surface area (Å²) in [5.41, 5.74) is -0.847. The van der Waals surface area contributed by atoms with E-state index in [9.17, 15) is 19.8 Å². The first kappa shape index (κ1) is 14.0. The predicted molar refractivity (Wildman–Crippen MR) is 82.3 cm³/mol. The summed E-state index contributed by atoms with van der Waals surface area (Å²) in [6, 6.07) is 8.30. The van der Waals surface area contributed by atoms with Gasteiger partial charge < -0.3 is 19.7 Å². The van der Waals surface area contributed by atoms with Crippen molar-refractivity contribution >= 4 is 22.7 Å². The predicted octanol–water partition coefficient (Wildman–Crippen LogP) is 3.53. The van der Waals surface area contributed by atoms with Gasteiger partial charge in [0.05, 0.1) is 5.56 Å².